The predicted molar refractivity (Wildman–Crippen MR) is 51.9 cm³/mol. The van der Waals surface area contributed by atoms with Crippen LogP contribution in [-0.4, -0.2) is 6.29 Å². The first-order valence-electron chi connectivity index (χ1n) is 3.12. The first kappa shape index (κ1) is 8.68. The van der Waals surface area contributed by atoms with Crippen molar-refractivity contribution in [2.24, 2.45) is 0 Å². The third-order valence-electron chi connectivity index (χ3n) is 1.22. The summed E-state index contributed by atoms with van der Waals surface area (Å²) in [5.74, 6) is 0. The van der Waals surface area contributed by atoms with Crippen LogP contribution in [-0.2, 0) is 4.79 Å². The summed E-state index contributed by atoms with van der Waals surface area (Å²) in [6.07, 6.45) is 4.08. The number of allylic oxidation sites excluding steroid dienone is 1. The molecule has 1 aromatic heterocycles. The van der Waals surface area contributed by atoms with Gasteiger partial charge in [-0.25, -0.2) is 0 Å². The normalized spacial score (nSPS) is 10.7. The molecule has 0 saturated carbocycles. The van der Waals surface area contributed by atoms with Crippen LogP contribution in [0.4, 0.5) is 0 Å². The van der Waals surface area contributed by atoms with Crippen LogP contribution >= 0.6 is 27.3 Å². The first-order valence-corrected chi connectivity index (χ1v) is 4.73. The minimum atomic E-state index is 0.781. The highest BCUT2D eigenvalue weighted by atomic mass is 79.9. The Hall–Kier alpha value is -0.410. The molecule has 0 aromatic carbocycles. The molecule has 0 aliphatic carbocycles. The molecule has 0 aliphatic rings. The Morgan fingerprint density at radius 1 is 1.64 bits per heavy atom. The lowest BCUT2D eigenvalue weighted by atomic mass is 10.4. The molecule has 0 N–H and O–H groups in total. The Kier molecular flexibility index (Phi) is 3.02. The van der Waals surface area contributed by atoms with Crippen LogP contribution in [0.1, 0.15) is 9.75 Å². The highest BCUT2D eigenvalue weighted by molar-refractivity contribution is 9.10. The number of carbonyl (C=O) groups is 1. The molecule has 58 valence electrons. The Bertz CT molecular complexity index is 269. The SMILES string of the molecule is Cc1sc(/C=C/C=O)cc1Br. The Labute approximate surface area is 77.9 Å². The number of hydrogen-bond donors (Lipinski definition) is 0. The van der Waals surface area contributed by atoms with E-state index in [1.54, 1.807) is 17.4 Å². The molecule has 0 amide bonds. The quantitative estimate of drug-likeness (QED) is 0.564. The molecule has 0 bridgehead atoms. The third kappa shape index (κ3) is 2.27. The second-order valence-electron chi connectivity index (χ2n) is 2.05. The van der Waals surface area contributed by atoms with Gasteiger partial charge in [-0.05, 0) is 41.1 Å². The average Bonchev–Trinajstić information content (AvgIpc) is 2.28. The van der Waals surface area contributed by atoms with Gasteiger partial charge in [0.1, 0.15) is 6.29 Å². The molecule has 1 nitrogen and oxygen atoms in total. The van der Waals surface area contributed by atoms with Gasteiger partial charge in [-0.15, -0.1) is 11.3 Å². The summed E-state index contributed by atoms with van der Waals surface area (Å²) in [5, 5.41) is 0. The fraction of sp³-hybridized carbons (Fsp3) is 0.125. The number of thiophene rings is 1. The van der Waals surface area contributed by atoms with Crippen LogP contribution < -0.4 is 0 Å². The lowest BCUT2D eigenvalue weighted by Crippen LogP contribution is -1.58. The van der Waals surface area contributed by atoms with Crippen LogP contribution in [0.3, 0.4) is 0 Å². The van der Waals surface area contributed by atoms with E-state index in [2.05, 4.69) is 15.9 Å². The van der Waals surface area contributed by atoms with E-state index in [0.29, 0.717) is 0 Å². The van der Waals surface area contributed by atoms with Gasteiger partial charge in [0.2, 0.25) is 0 Å². The lowest BCUT2D eigenvalue weighted by molar-refractivity contribution is -0.104. The number of halogens is 1. The van der Waals surface area contributed by atoms with Gasteiger partial charge >= 0.3 is 0 Å². The standard InChI is InChI=1S/C8H7BrOS/c1-6-8(9)5-7(11-6)3-2-4-10/h2-5H,1H3/b3-2+. The van der Waals surface area contributed by atoms with Gasteiger partial charge in [0.05, 0.1) is 0 Å². The van der Waals surface area contributed by atoms with Gasteiger partial charge < -0.3 is 0 Å². The zero-order chi connectivity index (χ0) is 8.27. The fourth-order valence-electron chi connectivity index (χ4n) is 0.698. The van der Waals surface area contributed by atoms with Crippen molar-refractivity contribution in [3.63, 3.8) is 0 Å². The molecule has 0 atom stereocenters. The average molecular weight is 231 g/mol. The van der Waals surface area contributed by atoms with Crippen molar-refractivity contribution < 1.29 is 4.79 Å². The molecule has 1 aromatic rings. The van der Waals surface area contributed by atoms with Crippen LogP contribution in [0.2, 0.25) is 0 Å². The number of aryl methyl sites for hydroxylation is 1. The molecular formula is C8H7BrOS. The van der Waals surface area contributed by atoms with Crippen molar-refractivity contribution in [1.82, 2.24) is 0 Å². The van der Waals surface area contributed by atoms with E-state index in [-0.39, 0.29) is 0 Å². The highest BCUT2D eigenvalue weighted by Crippen LogP contribution is 2.26. The van der Waals surface area contributed by atoms with E-state index < -0.39 is 0 Å². The van der Waals surface area contributed by atoms with Gasteiger partial charge in [0.25, 0.3) is 0 Å². The maximum Gasteiger partial charge on any atom is 0.142 e. The minimum Gasteiger partial charge on any atom is -0.299 e. The summed E-state index contributed by atoms with van der Waals surface area (Å²) >= 11 is 5.06. The topological polar surface area (TPSA) is 17.1 Å². The number of rotatable bonds is 2. The van der Waals surface area contributed by atoms with E-state index in [1.165, 1.54) is 11.0 Å². The Morgan fingerprint density at radius 2 is 2.36 bits per heavy atom. The van der Waals surface area contributed by atoms with Gasteiger partial charge in [0, 0.05) is 14.2 Å². The van der Waals surface area contributed by atoms with E-state index >= 15 is 0 Å². The van der Waals surface area contributed by atoms with Gasteiger partial charge in [-0.3, -0.25) is 4.79 Å². The molecule has 0 fully saturated rings. The summed E-state index contributed by atoms with van der Waals surface area (Å²) in [7, 11) is 0. The maximum absolute atomic E-state index is 9.98. The van der Waals surface area contributed by atoms with Gasteiger partial charge in [-0.2, -0.15) is 0 Å². The second-order valence-corrected chi connectivity index (χ2v) is 4.19. The molecule has 0 aliphatic heterocycles. The Balaban J connectivity index is 2.88. The molecule has 1 rings (SSSR count). The van der Waals surface area contributed by atoms with Crippen molar-refractivity contribution in [2.45, 2.75) is 6.92 Å². The van der Waals surface area contributed by atoms with Crippen LogP contribution in [0.25, 0.3) is 6.08 Å². The van der Waals surface area contributed by atoms with Crippen molar-refractivity contribution in [3.8, 4) is 0 Å². The molecule has 0 saturated heterocycles. The number of carbonyl (C=O) groups excluding carboxylic acids is 1. The van der Waals surface area contributed by atoms with Gasteiger partial charge in [-0.1, -0.05) is 0 Å². The monoisotopic (exact) mass is 230 g/mol. The summed E-state index contributed by atoms with van der Waals surface area (Å²) in [6.45, 7) is 2.03. The van der Waals surface area contributed by atoms with E-state index in [9.17, 15) is 4.79 Å². The van der Waals surface area contributed by atoms with Crippen molar-refractivity contribution in [2.75, 3.05) is 0 Å². The maximum atomic E-state index is 9.98. The molecule has 11 heavy (non-hydrogen) atoms. The number of hydrogen-bond acceptors (Lipinski definition) is 2. The zero-order valence-electron chi connectivity index (χ0n) is 6.00. The lowest BCUT2D eigenvalue weighted by Gasteiger charge is -1.77. The molecule has 0 radical (unpaired) electrons. The summed E-state index contributed by atoms with van der Waals surface area (Å²) in [5.41, 5.74) is 0. The van der Waals surface area contributed by atoms with E-state index in [4.69, 9.17) is 0 Å². The smallest absolute Gasteiger partial charge is 0.142 e. The third-order valence-corrected chi connectivity index (χ3v) is 3.32. The van der Waals surface area contributed by atoms with Crippen molar-refractivity contribution >= 4 is 39.6 Å². The van der Waals surface area contributed by atoms with Crippen LogP contribution in [0.15, 0.2) is 16.6 Å². The van der Waals surface area contributed by atoms with Crippen molar-refractivity contribution in [1.29, 1.82) is 0 Å². The highest BCUT2D eigenvalue weighted by Gasteiger charge is 1.98. The summed E-state index contributed by atoms with van der Waals surface area (Å²) < 4.78 is 1.10. The van der Waals surface area contributed by atoms with Crippen molar-refractivity contribution in [3.05, 3.63) is 26.4 Å². The van der Waals surface area contributed by atoms with Gasteiger partial charge in [0.15, 0.2) is 0 Å². The predicted octanol–water partition coefficient (Wildman–Crippen LogP) is 3.03. The summed E-state index contributed by atoms with van der Waals surface area (Å²) in [6, 6.07) is 2.00. The van der Waals surface area contributed by atoms with E-state index in [1.807, 2.05) is 13.0 Å². The number of aldehydes is 1. The largest absolute Gasteiger partial charge is 0.299 e. The van der Waals surface area contributed by atoms with Crippen LogP contribution in [0, 0.1) is 6.92 Å². The Morgan fingerprint density at radius 3 is 2.82 bits per heavy atom. The summed E-state index contributed by atoms with van der Waals surface area (Å²) in [4.78, 5) is 12.3. The molecule has 3 heteroatoms. The molecule has 1 heterocycles. The zero-order valence-corrected chi connectivity index (χ0v) is 8.41. The minimum absolute atomic E-state index is 0.781. The molecule has 0 spiro atoms. The van der Waals surface area contributed by atoms with E-state index in [0.717, 1.165) is 15.6 Å². The first-order chi connectivity index (χ1) is 5.24. The second kappa shape index (κ2) is 3.83. The molecule has 0 unspecified atom stereocenters. The van der Waals surface area contributed by atoms with Crippen LogP contribution in [0.5, 0.6) is 0 Å². The fourth-order valence-corrected chi connectivity index (χ4v) is 2.17. The molecular weight excluding hydrogens is 224 g/mol.